The molecule has 0 aliphatic carbocycles. The maximum Gasteiger partial charge on any atom is 0.326 e. The largest absolute Gasteiger partial charge is 0.467 e. The van der Waals surface area contributed by atoms with Gasteiger partial charge < -0.3 is 14.2 Å². The molecule has 26 heavy (non-hydrogen) atoms. The van der Waals surface area contributed by atoms with E-state index in [1.165, 1.54) is 19.0 Å². The van der Waals surface area contributed by atoms with Gasteiger partial charge in [-0.3, -0.25) is 19.5 Å². The van der Waals surface area contributed by atoms with Crippen molar-refractivity contribution >= 4 is 17.8 Å². The molecule has 3 rings (SSSR count). The molecule has 1 saturated heterocycles. The number of rotatable bonds is 6. The van der Waals surface area contributed by atoms with Gasteiger partial charge in [-0.15, -0.1) is 0 Å². The maximum atomic E-state index is 12.9. The third-order valence-electron chi connectivity index (χ3n) is 4.40. The normalized spacial score (nSPS) is 17.1. The van der Waals surface area contributed by atoms with Crippen molar-refractivity contribution in [3.63, 3.8) is 0 Å². The Hall–Kier alpha value is -3.16. The summed E-state index contributed by atoms with van der Waals surface area (Å²) in [4.78, 5) is 45.2. The topological polar surface area (TPSA) is 87.0 Å². The highest BCUT2D eigenvalue weighted by molar-refractivity contribution is 6.05. The number of aromatic nitrogens is 1. The van der Waals surface area contributed by atoms with Crippen molar-refractivity contribution < 1.29 is 18.8 Å². The fraction of sp³-hybridized carbons (Fsp3) is 0.333. The zero-order chi connectivity index (χ0) is 18.7. The average Bonchev–Trinajstić information content (AvgIpc) is 3.22. The number of nitrogens with zero attached hydrogens (tertiary/aromatic N) is 4. The molecular weight excluding hydrogens is 336 g/mol. The van der Waals surface area contributed by atoms with Gasteiger partial charge >= 0.3 is 6.03 Å². The lowest BCUT2D eigenvalue weighted by Gasteiger charge is -2.24. The van der Waals surface area contributed by atoms with E-state index in [1.54, 1.807) is 35.6 Å². The molecule has 0 bridgehead atoms. The standard InChI is InChI=1S/C18H20N4O4/c1-20-15(17(24)21(2)18(20)25)10-16(23)22(12-14-7-5-9-26-14)11-13-6-3-4-8-19-13/h3-9,15H,10-12H2,1-2H3. The first-order chi connectivity index (χ1) is 12.5. The second-order valence-electron chi connectivity index (χ2n) is 6.16. The lowest BCUT2D eigenvalue weighted by atomic mass is 10.1. The number of furan rings is 1. The van der Waals surface area contributed by atoms with E-state index in [-0.39, 0.29) is 31.3 Å². The lowest BCUT2D eigenvalue weighted by molar-refractivity contribution is -0.137. The minimum Gasteiger partial charge on any atom is -0.467 e. The van der Waals surface area contributed by atoms with E-state index in [2.05, 4.69) is 4.98 Å². The van der Waals surface area contributed by atoms with Crippen LogP contribution in [0.2, 0.25) is 0 Å². The van der Waals surface area contributed by atoms with Crippen LogP contribution in [0.3, 0.4) is 0 Å². The molecule has 1 aliphatic rings. The molecule has 3 heterocycles. The highest BCUT2D eigenvalue weighted by atomic mass is 16.3. The van der Waals surface area contributed by atoms with Crippen molar-refractivity contribution in [2.75, 3.05) is 14.1 Å². The van der Waals surface area contributed by atoms with Gasteiger partial charge in [-0.1, -0.05) is 6.07 Å². The molecule has 0 radical (unpaired) electrons. The van der Waals surface area contributed by atoms with Gasteiger partial charge in [-0.05, 0) is 24.3 Å². The van der Waals surface area contributed by atoms with E-state index in [0.717, 1.165) is 10.6 Å². The maximum absolute atomic E-state index is 12.9. The van der Waals surface area contributed by atoms with E-state index < -0.39 is 12.1 Å². The number of amides is 4. The summed E-state index contributed by atoms with van der Waals surface area (Å²) in [5.74, 6) is 0.00978. The summed E-state index contributed by atoms with van der Waals surface area (Å²) >= 11 is 0. The molecule has 8 nitrogen and oxygen atoms in total. The number of hydrogen-bond donors (Lipinski definition) is 0. The zero-order valence-electron chi connectivity index (χ0n) is 14.7. The number of carbonyl (C=O) groups is 3. The fourth-order valence-corrected chi connectivity index (χ4v) is 2.88. The molecular formula is C18H20N4O4. The Labute approximate surface area is 151 Å². The average molecular weight is 356 g/mol. The van der Waals surface area contributed by atoms with Gasteiger partial charge in [0.25, 0.3) is 5.91 Å². The predicted molar refractivity (Wildman–Crippen MR) is 91.5 cm³/mol. The van der Waals surface area contributed by atoms with Crippen LogP contribution < -0.4 is 0 Å². The van der Waals surface area contributed by atoms with Gasteiger partial charge in [0.15, 0.2) is 0 Å². The van der Waals surface area contributed by atoms with Crippen LogP contribution in [0.25, 0.3) is 0 Å². The molecule has 0 aromatic carbocycles. The molecule has 0 N–H and O–H groups in total. The van der Waals surface area contributed by atoms with E-state index in [1.807, 2.05) is 12.1 Å². The van der Waals surface area contributed by atoms with Gasteiger partial charge in [0.2, 0.25) is 5.91 Å². The summed E-state index contributed by atoms with van der Waals surface area (Å²) in [7, 11) is 2.94. The summed E-state index contributed by atoms with van der Waals surface area (Å²) in [5.41, 5.74) is 0.728. The number of imide groups is 1. The first-order valence-corrected chi connectivity index (χ1v) is 8.22. The number of hydrogen-bond acceptors (Lipinski definition) is 5. The monoisotopic (exact) mass is 356 g/mol. The molecule has 1 unspecified atom stereocenters. The first-order valence-electron chi connectivity index (χ1n) is 8.22. The summed E-state index contributed by atoms with van der Waals surface area (Å²) in [6.07, 6.45) is 3.12. The quantitative estimate of drug-likeness (QED) is 0.732. The van der Waals surface area contributed by atoms with Crippen molar-refractivity contribution in [3.8, 4) is 0 Å². The molecule has 1 aliphatic heterocycles. The number of pyridine rings is 1. The Bertz CT molecular complexity index is 791. The van der Waals surface area contributed by atoms with Crippen molar-refractivity contribution in [1.82, 2.24) is 19.7 Å². The molecule has 1 fully saturated rings. The number of urea groups is 1. The lowest BCUT2D eigenvalue weighted by Crippen LogP contribution is -2.39. The smallest absolute Gasteiger partial charge is 0.326 e. The van der Waals surface area contributed by atoms with Gasteiger partial charge in [-0.2, -0.15) is 0 Å². The highest BCUT2D eigenvalue weighted by Gasteiger charge is 2.42. The van der Waals surface area contributed by atoms with Crippen molar-refractivity contribution in [3.05, 3.63) is 54.2 Å². The molecule has 2 aromatic heterocycles. The molecule has 4 amide bonds. The molecule has 136 valence electrons. The summed E-state index contributed by atoms with van der Waals surface area (Å²) in [5, 5.41) is 0. The molecule has 1 atom stereocenters. The minimum absolute atomic E-state index is 0.0844. The second-order valence-corrected chi connectivity index (χ2v) is 6.16. The Morgan fingerprint density at radius 3 is 2.58 bits per heavy atom. The van der Waals surface area contributed by atoms with E-state index in [4.69, 9.17) is 4.42 Å². The molecule has 8 heteroatoms. The molecule has 0 saturated carbocycles. The van der Waals surface area contributed by atoms with Crippen LogP contribution in [0.1, 0.15) is 17.9 Å². The second kappa shape index (κ2) is 7.38. The minimum atomic E-state index is -0.789. The van der Waals surface area contributed by atoms with Crippen LogP contribution in [0.15, 0.2) is 47.2 Å². The third-order valence-corrected chi connectivity index (χ3v) is 4.40. The first kappa shape index (κ1) is 17.7. The Morgan fingerprint density at radius 2 is 2.00 bits per heavy atom. The SMILES string of the molecule is CN1C(=O)C(CC(=O)N(Cc2ccccn2)Cc2ccco2)N(C)C1=O. The summed E-state index contributed by atoms with van der Waals surface area (Å²) < 4.78 is 5.34. The van der Waals surface area contributed by atoms with Crippen molar-refractivity contribution in [1.29, 1.82) is 0 Å². The third kappa shape index (κ3) is 3.58. The highest BCUT2D eigenvalue weighted by Crippen LogP contribution is 2.19. The van der Waals surface area contributed by atoms with Crippen LogP contribution in [0.5, 0.6) is 0 Å². The fourth-order valence-electron chi connectivity index (χ4n) is 2.88. The van der Waals surface area contributed by atoms with Crippen molar-refractivity contribution in [2.45, 2.75) is 25.6 Å². The van der Waals surface area contributed by atoms with Gasteiger partial charge in [0.05, 0.1) is 31.5 Å². The Morgan fingerprint density at radius 1 is 1.19 bits per heavy atom. The molecule has 0 spiro atoms. The van der Waals surface area contributed by atoms with E-state index >= 15 is 0 Å². The summed E-state index contributed by atoms with van der Waals surface area (Å²) in [6, 6.07) is 7.81. The Balaban J connectivity index is 1.76. The van der Waals surface area contributed by atoms with Gasteiger partial charge in [-0.25, -0.2) is 4.79 Å². The molecule has 2 aromatic rings. The Kier molecular flexibility index (Phi) is 5.01. The van der Waals surface area contributed by atoms with Gasteiger partial charge in [0.1, 0.15) is 11.8 Å². The van der Waals surface area contributed by atoms with Crippen LogP contribution in [0, 0.1) is 0 Å². The van der Waals surface area contributed by atoms with Crippen LogP contribution >= 0.6 is 0 Å². The van der Waals surface area contributed by atoms with Crippen LogP contribution in [-0.4, -0.2) is 57.7 Å². The van der Waals surface area contributed by atoms with E-state index in [9.17, 15) is 14.4 Å². The predicted octanol–water partition coefficient (Wildman–Crippen LogP) is 1.49. The van der Waals surface area contributed by atoms with Crippen LogP contribution in [-0.2, 0) is 22.7 Å². The van der Waals surface area contributed by atoms with Crippen molar-refractivity contribution in [2.24, 2.45) is 0 Å². The van der Waals surface area contributed by atoms with Gasteiger partial charge in [0, 0.05) is 20.3 Å². The zero-order valence-corrected chi connectivity index (χ0v) is 14.7. The number of carbonyl (C=O) groups excluding carboxylic acids is 3. The summed E-state index contributed by atoms with van der Waals surface area (Å²) in [6.45, 7) is 0.547. The van der Waals surface area contributed by atoms with E-state index in [0.29, 0.717) is 5.76 Å². The van der Waals surface area contributed by atoms with Crippen LogP contribution in [0.4, 0.5) is 4.79 Å². The number of likely N-dealkylation sites (N-methyl/N-ethyl adjacent to an activating group) is 2.